The van der Waals surface area contributed by atoms with E-state index in [2.05, 4.69) is 11.5 Å². The summed E-state index contributed by atoms with van der Waals surface area (Å²) >= 11 is 0. The van der Waals surface area contributed by atoms with Gasteiger partial charge in [-0.25, -0.2) is 0 Å². The first-order valence-corrected chi connectivity index (χ1v) is 5.94. The van der Waals surface area contributed by atoms with Crippen LogP contribution in [0.5, 0.6) is 0 Å². The van der Waals surface area contributed by atoms with E-state index in [1.54, 1.807) is 0 Å². The molecule has 3 nitrogen and oxygen atoms in total. The number of nitrogens with zero attached hydrogens (tertiary/aromatic N) is 2. The van der Waals surface area contributed by atoms with Crippen molar-refractivity contribution in [2.24, 2.45) is 5.92 Å². The maximum Gasteiger partial charge on any atom is 0.209 e. The SMILES string of the molecule is C=C(C1CCCN(C=O)C1)N1CCCC1. The fourth-order valence-corrected chi connectivity index (χ4v) is 2.64. The monoisotopic (exact) mass is 208 g/mol. The van der Waals surface area contributed by atoms with Crippen molar-refractivity contribution in [1.82, 2.24) is 9.80 Å². The first-order chi connectivity index (χ1) is 7.31. The van der Waals surface area contributed by atoms with Gasteiger partial charge in [0.05, 0.1) is 0 Å². The third-order valence-corrected chi connectivity index (χ3v) is 3.59. The molecule has 1 unspecified atom stereocenters. The highest BCUT2D eigenvalue weighted by Gasteiger charge is 2.25. The van der Waals surface area contributed by atoms with Crippen LogP contribution in [0.3, 0.4) is 0 Å². The Bertz CT molecular complexity index is 246. The van der Waals surface area contributed by atoms with E-state index in [0.717, 1.165) is 39.0 Å². The minimum atomic E-state index is 0.502. The van der Waals surface area contributed by atoms with Gasteiger partial charge in [0.15, 0.2) is 0 Å². The summed E-state index contributed by atoms with van der Waals surface area (Å²) in [6.07, 6.45) is 5.88. The summed E-state index contributed by atoms with van der Waals surface area (Å²) in [6.45, 7) is 8.34. The molecule has 2 fully saturated rings. The van der Waals surface area contributed by atoms with Crippen LogP contribution in [-0.4, -0.2) is 42.4 Å². The molecule has 0 aromatic heterocycles. The van der Waals surface area contributed by atoms with Crippen LogP contribution in [0.1, 0.15) is 25.7 Å². The highest BCUT2D eigenvalue weighted by Crippen LogP contribution is 2.26. The number of piperidine rings is 1. The van der Waals surface area contributed by atoms with Crippen LogP contribution >= 0.6 is 0 Å². The highest BCUT2D eigenvalue weighted by atomic mass is 16.1. The summed E-state index contributed by atoms with van der Waals surface area (Å²) in [7, 11) is 0. The molecule has 0 N–H and O–H groups in total. The van der Waals surface area contributed by atoms with Crippen LogP contribution in [0.4, 0.5) is 0 Å². The van der Waals surface area contributed by atoms with E-state index in [1.807, 2.05) is 4.90 Å². The molecule has 84 valence electrons. The van der Waals surface area contributed by atoms with Gasteiger partial charge in [0, 0.05) is 37.8 Å². The zero-order valence-corrected chi connectivity index (χ0v) is 9.32. The Labute approximate surface area is 91.7 Å². The third-order valence-electron chi connectivity index (χ3n) is 3.59. The predicted molar refractivity (Wildman–Crippen MR) is 60.3 cm³/mol. The first-order valence-electron chi connectivity index (χ1n) is 5.94. The van der Waals surface area contributed by atoms with Gasteiger partial charge in [-0.05, 0) is 25.7 Å². The molecule has 3 heteroatoms. The van der Waals surface area contributed by atoms with Crippen molar-refractivity contribution in [1.29, 1.82) is 0 Å². The quantitative estimate of drug-likeness (QED) is 0.656. The lowest BCUT2D eigenvalue weighted by Crippen LogP contribution is -2.38. The second-order valence-electron chi connectivity index (χ2n) is 4.62. The summed E-state index contributed by atoms with van der Waals surface area (Å²) in [5, 5.41) is 0. The number of hydrogen-bond donors (Lipinski definition) is 0. The van der Waals surface area contributed by atoms with E-state index in [4.69, 9.17) is 0 Å². The average Bonchev–Trinajstić information content (AvgIpc) is 2.81. The van der Waals surface area contributed by atoms with Gasteiger partial charge < -0.3 is 9.80 Å². The van der Waals surface area contributed by atoms with Crippen LogP contribution in [0.2, 0.25) is 0 Å². The van der Waals surface area contributed by atoms with Crippen molar-refractivity contribution in [2.45, 2.75) is 25.7 Å². The molecule has 0 spiro atoms. The Morgan fingerprint density at radius 3 is 2.60 bits per heavy atom. The number of hydrogen-bond acceptors (Lipinski definition) is 2. The zero-order valence-electron chi connectivity index (χ0n) is 9.32. The lowest BCUT2D eigenvalue weighted by Gasteiger charge is -2.34. The molecule has 0 saturated carbocycles. The molecule has 0 bridgehead atoms. The van der Waals surface area contributed by atoms with Crippen molar-refractivity contribution < 1.29 is 4.79 Å². The van der Waals surface area contributed by atoms with Gasteiger partial charge >= 0.3 is 0 Å². The Kier molecular flexibility index (Phi) is 3.29. The lowest BCUT2D eigenvalue weighted by atomic mass is 9.95. The summed E-state index contributed by atoms with van der Waals surface area (Å²) < 4.78 is 0. The van der Waals surface area contributed by atoms with Crippen molar-refractivity contribution in [3.8, 4) is 0 Å². The lowest BCUT2D eigenvalue weighted by molar-refractivity contribution is -0.119. The molecule has 0 radical (unpaired) electrons. The number of amides is 1. The van der Waals surface area contributed by atoms with Gasteiger partial charge in [-0.1, -0.05) is 6.58 Å². The van der Waals surface area contributed by atoms with Crippen molar-refractivity contribution in [2.75, 3.05) is 26.2 Å². The molecule has 1 atom stereocenters. The first kappa shape index (κ1) is 10.5. The molecule has 0 aromatic carbocycles. The Hall–Kier alpha value is -0.990. The number of carbonyl (C=O) groups is 1. The molecule has 2 aliphatic heterocycles. The fraction of sp³-hybridized carbons (Fsp3) is 0.750. The standard InChI is InChI=1S/C12H20N2O/c1-11(14-7-2-3-8-14)12-5-4-6-13(9-12)10-15/h10,12H,1-9H2. The van der Waals surface area contributed by atoms with Gasteiger partial charge in [0.25, 0.3) is 0 Å². The van der Waals surface area contributed by atoms with Crippen molar-refractivity contribution in [3.05, 3.63) is 12.3 Å². The van der Waals surface area contributed by atoms with Crippen LogP contribution in [0, 0.1) is 5.92 Å². The molecule has 2 rings (SSSR count). The Balaban J connectivity index is 1.91. The fourth-order valence-electron chi connectivity index (χ4n) is 2.64. The number of likely N-dealkylation sites (tertiary alicyclic amines) is 2. The van der Waals surface area contributed by atoms with Gasteiger partial charge in [0.2, 0.25) is 6.41 Å². The number of carbonyl (C=O) groups excluding carboxylic acids is 1. The maximum absolute atomic E-state index is 10.7. The second kappa shape index (κ2) is 4.69. The van der Waals surface area contributed by atoms with Crippen LogP contribution < -0.4 is 0 Å². The molecular formula is C12H20N2O. The van der Waals surface area contributed by atoms with E-state index < -0.39 is 0 Å². The minimum Gasteiger partial charge on any atom is -0.375 e. The maximum atomic E-state index is 10.7. The average molecular weight is 208 g/mol. The molecule has 1 amide bonds. The van der Waals surface area contributed by atoms with Crippen molar-refractivity contribution >= 4 is 6.41 Å². The van der Waals surface area contributed by atoms with Crippen LogP contribution in [-0.2, 0) is 4.79 Å². The van der Waals surface area contributed by atoms with Gasteiger partial charge in [0.1, 0.15) is 0 Å². The Morgan fingerprint density at radius 1 is 1.20 bits per heavy atom. The molecule has 2 heterocycles. The van der Waals surface area contributed by atoms with Gasteiger partial charge in [-0.3, -0.25) is 4.79 Å². The van der Waals surface area contributed by atoms with Gasteiger partial charge in [-0.2, -0.15) is 0 Å². The summed E-state index contributed by atoms with van der Waals surface area (Å²) in [4.78, 5) is 15.0. The third kappa shape index (κ3) is 2.33. The van der Waals surface area contributed by atoms with E-state index in [-0.39, 0.29) is 0 Å². The van der Waals surface area contributed by atoms with Gasteiger partial charge in [-0.15, -0.1) is 0 Å². The molecule has 0 aliphatic carbocycles. The highest BCUT2D eigenvalue weighted by molar-refractivity contribution is 5.47. The Morgan fingerprint density at radius 2 is 1.93 bits per heavy atom. The number of rotatable bonds is 3. The summed E-state index contributed by atoms with van der Waals surface area (Å²) in [6, 6.07) is 0. The topological polar surface area (TPSA) is 23.6 Å². The molecule has 2 aliphatic rings. The zero-order chi connectivity index (χ0) is 10.7. The molecule has 0 aromatic rings. The summed E-state index contributed by atoms with van der Waals surface area (Å²) in [5.41, 5.74) is 1.26. The van der Waals surface area contributed by atoms with E-state index in [1.165, 1.54) is 25.0 Å². The molecular weight excluding hydrogens is 188 g/mol. The summed E-state index contributed by atoms with van der Waals surface area (Å²) in [5.74, 6) is 0.502. The minimum absolute atomic E-state index is 0.502. The smallest absolute Gasteiger partial charge is 0.209 e. The van der Waals surface area contributed by atoms with E-state index in [9.17, 15) is 4.79 Å². The largest absolute Gasteiger partial charge is 0.375 e. The van der Waals surface area contributed by atoms with Crippen LogP contribution in [0.15, 0.2) is 12.3 Å². The van der Waals surface area contributed by atoms with Crippen LogP contribution in [0.25, 0.3) is 0 Å². The molecule has 15 heavy (non-hydrogen) atoms. The van der Waals surface area contributed by atoms with E-state index >= 15 is 0 Å². The molecule has 2 saturated heterocycles. The second-order valence-corrected chi connectivity index (χ2v) is 4.62. The predicted octanol–water partition coefficient (Wildman–Crippen LogP) is 1.46. The van der Waals surface area contributed by atoms with E-state index in [0.29, 0.717) is 5.92 Å². The normalized spacial score (nSPS) is 26.8. The van der Waals surface area contributed by atoms with Crippen molar-refractivity contribution in [3.63, 3.8) is 0 Å².